The molecule has 0 saturated carbocycles. The maximum absolute atomic E-state index is 10.8. The van der Waals surface area contributed by atoms with Crippen LogP contribution >= 0.6 is 24.8 Å². The van der Waals surface area contributed by atoms with Gasteiger partial charge in [0.25, 0.3) is 10.1 Å². The van der Waals surface area contributed by atoms with Crippen molar-refractivity contribution in [2.24, 2.45) is 0 Å². The molecule has 0 aromatic rings. The van der Waals surface area contributed by atoms with E-state index < -0.39 is 16.0 Å². The molecule has 0 aromatic heterocycles. The molecule has 1 amide bonds. The summed E-state index contributed by atoms with van der Waals surface area (Å²) in [5.74, 6) is -0.513. The zero-order valence-corrected chi connectivity index (χ0v) is 9.32. The summed E-state index contributed by atoms with van der Waals surface area (Å²) in [5, 5.41) is 0.519. The van der Waals surface area contributed by atoms with Crippen molar-refractivity contribution in [2.75, 3.05) is 0 Å². The van der Waals surface area contributed by atoms with Gasteiger partial charge >= 0.3 is 0 Å². The lowest BCUT2D eigenvalue weighted by atomic mass is 10.4. The van der Waals surface area contributed by atoms with E-state index in [4.69, 9.17) is 4.55 Å². The summed E-state index contributed by atoms with van der Waals surface area (Å²) >= 11 is 8.13. The third-order valence-corrected chi connectivity index (χ3v) is 1.63. The number of carbonyl (C=O) groups is 1. The molecule has 80 valence electrons. The molecule has 0 heterocycles. The van der Waals surface area contributed by atoms with Gasteiger partial charge in [0.2, 0.25) is 5.91 Å². The molecular formula is C5H8N2O4S3. The average molecular weight is 256 g/mol. The lowest BCUT2D eigenvalue weighted by Gasteiger charge is -2.02. The van der Waals surface area contributed by atoms with Crippen molar-refractivity contribution in [3.63, 3.8) is 0 Å². The molecule has 0 radical (unpaired) electrons. The first-order valence-corrected chi connectivity index (χ1v) is 5.59. The van der Waals surface area contributed by atoms with Gasteiger partial charge in [-0.25, -0.2) is 0 Å². The van der Waals surface area contributed by atoms with E-state index in [0.29, 0.717) is 5.41 Å². The monoisotopic (exact) mass is 256 g/mol. The van der Waals surface area contributed by atoms with E-state index in [1.807, 2.05) is 0 Å². The van der Waals surface area contributed by atoms with Crippen LogP contribution in [0.2, 0.25) is 0 Å². The fraction of sp³-hybridized carbons (Fsp3) is 0.200. The van der Waals surface area contributed by atoms with Gasteiger partial charge in [0, 0.05) is 6.42 Å². The normalized spacial score (nSPS) is 11.3. The van der Waals surface area contributed by atoms with Crippen molar-refractivity contribution in [1.82, 2.24) is 10.9 Å². The Balaban J connectivity index is 3.86. The largest absolute Gasteiger partial charge is 0.287 e. The van der Waals surface area contributed by atoms with Crippen molar-refractivity contribution < 1.29 is 17.8 Å². The van der Waals surface area contributed by atoms with E-state index in [1.54, 1.807) is 0 Å². The Morgan fingerprint density at radius 2 is 2.07 bits per heavy atom. The van der Waals surface area contributed by atoms with E-state index in [9.17, 15) is 13.2 Å². The standard InChI is InChI=1S/C5H8N2O4S3/c8-4(6-7-5(12)13)2-1-3-14(9,10)11/h1,3H,2H2,(H,6,8)(H2,7,12,13)(H,9,10,11). The van der Waals surface area contributed by atoms with Crippen molar-refractivity contribution in [1.29, 1.82) is 0 Å². The van der Waals surface area contributed by atoms with Crippen molar-refractivity contribution in [2.45, 2.75) is 6.42 Å². The van der Waals surface area contributed by atoms with Crippen LogP contribution in [-0.4, -0.2) is 23.2 Å². The zero-order valence-electron chi connectivity index (χ0n) is 6.80. The molecule has 0 aliphatic heterocycles. The molecular weight excluding hydrogens is 248 g/mol. The topological polar surface area (TPSA) is 95.5 Å². The second-order valence-electron chi connectivity index (χ2n) is 2.07. The molecule has 0 aliphatic carbocycles. The van der Waals surface area contributed by atoms with Crippen LogP contribution in [0.1, 0.15) is 6.42 Å². The van der Waals surface area contributed by atoms with Crippen LogP contribution in [0.5, 0.6) is 0 Å². The predicted octanol–water partition coefficient (Wildman–Crippen LogP) is -0.387. The summed E-state index contributed by atoms with van der Waals surface area (Å²) in [7, 11) is -4.17. The first-order chi connectivity index (χ1) is 6.31. The van der Waals surface area contributed by atoms with Crippen LogP contribution in [0.4, 0.5) is 0 Å². The second-order valence-corrected chi connectivity index (χ2v) is 4.53. The van der Waals surface area contributed by atoms with E-state index in [1.165, 1.54) is 0 Å². The molecule has 0 unspecified atom stereocenters. The predicted molar refractivity (Wildman–Crippen MR) is 58.2 cm³/mol. The second kappa shape index (κ2) is 5.96. The van der Waals surface area contributed by atoms with Gasteiger partial charge in [-0.15, -0.1) is 12.6 Å². The third kappa shape index (κ3) is 9.45. The van der Waals surface area contributed by atoms with Crippen LogP contribution in [0, 0.1) is 0 Å². The number of carbonyl (C=O) groups excluding carboxylic acids is 1. The van der Waals surface area contributed by atoms with Crippen molar-refractivity contribution in [3.05, 3.63) is 11.5 Å². The Hall–Kier alpha value is -0.640. The van der Waals surface area contributed by atoms with Gasteiger partial charge in [0.05, 0.1) is 5.41 Å². The van der Waals surface area contributed by atoms with Gasteiger partial charge in [-0.3, -0.25) is 20.2 Å². The van der Waals surface area contributed by atoms with Gasteiger partial charge in [-0.2, -0.15) is 8.42 Å². The molecule has 0 rings (SSSR count). The van der Waals surface area contributed by atoms with E-state index in [0.717, 1.165) is 6.08 Å². The Labute approximate surface area is 91.9 Å². The first-order valence-electron chi connectivity index (χ1n) is 3.23. The highest BCUT2D eigenvalue weighted by Gasteiger charge is 1.99. The first kappa shape index (κ1) is 13.4. The van der Waals surface area contributed by atoms with Crippen LogP contribution in [0.3, 0.4) is 0 Å². The average Bonchev–Trinajstić information content (AvgIpc) is 1.98. The minimum Gasteiger partial charge on any atom is -0.283 e. The summed E-state index contributed by atoms with van der Waals surface area (Å²) in [6.07, 6.45) is 0.789. The summed E-state index contributed by atoms with van der Waals surface area (Å²) in [5.41, 5.74) is 4.38. The molecule has 0 atom stereocenters. The maximum atomic E-state index is 10.8. The fourth-order valence-electron chi connectivity index (χ4n) is 0.451. The highest BCUT2D eigenvalue weighted by molar-refractivity contribution is 8.11. The lowest BCUT2D eigenvalue weighted by Crippen LogP contribution is -2.38. The molecule has 0 aromatic carbocycles. The number of amides is 1. The van der Waals surface area contributed by atoms with Gasteiger partial charge in [0.15, 0.2) is 0 Å². The molecule has 0 spiro atoms. The third-order valence-electron chi connectivity index (χ3n) is 0.880. The van der Waals surface area contributed by atoms with Crippen molar-refractivity contribution in [3.8, 4) is 0 Å². The van der Waals surface area contributed by atoms with Gasteiger partial charge in [-0.05, 0) is 0 Å². The summed E-state index contributed by atoms with van der Waals surface area (Å²) < 4.78 is 28.7. The SMILES string of the molecule is O=C(CC=CS(=O)(=O)O)NNC(=S)S. The lowest BCUT2D eigenvalue weighted by molar-refractivity contribution is -0.120. The van der Waals surface area contributed by atoms with Crippen LogP contribution in [-0.2, 0) is 14.9 Å². The minimum absolute atomic E-state index is 0.0807. The Kier molecular flexibility index (Phi) is 5.69. The molecule has 0 aliphatic rings. The van der Waals surface area contributed by atoms with Crippen LogP contribution in [0.25, 0.3) is 0 Å². The molecule has 9 heteroatoms. The fourth-order valence-corrected chi connectivity index (χ4v) is 0.897. The Morgan fingerprint density at radius 1 is 1.50 bits per heavy atom. The molecule has 6 nitrogen and oxygen atoms in total. The maximum Gasteiger partial charge on any atom is 0.287 e. The highest BCUT2D eigenvalue weighted by Crippen LogP contribution is 1.88. The summed E-state index contributed by atoms with van der Waals surface area (Å²) in [6, 6.07) is 0. The van der Waals surface area contributed by atoms with Crippen molar-refractivity contribution >= 4 is 45.2 Å². The molecule has 0 bridgehead atoms. The number of thiocarbonyl (C=S) groups is 1. The minimum atomic E-state index is -4.17. The van der Waals surface area contributed by atoms with Crippen LogP contribution < -0.4 is 10.9 Å². The Bertz CT molecular complexity index is 348. The van der Waals surface area contributed by atoms with E-state index in [-0.39, 0.29) is 10.7 Å². The van der Waals surface area contributed by atoms with Gasteiger partial charge in [0.1, 0.15) is 4.32 Å². The van der Waals surface area contributed by atoms with E-state index >= 15 is 0 Å². The number of rotatable bonds is 3. The smallest absolute Gasteiger partial charge is 0.283 e. The Morgan fingerprint density at radius 3 is 2.50 bits per heavy atom. The quantitative estimate of drug-likeness (QED) is 0.238. The zero-order chi connectivity index (χ0) is 11.2. The molecule has 14 heavy (non-hydrogen) atoms. The van der Waals surface area contributed by atoms with Gasteiger partial charge < -0.3 is 0 Å². The highest BCUT2D eigenvalue weighted by atomic mass is 32.2. The molecule has 0 saturated heterocycles. The van der Waals surface area contributed by atoms with E-state index in [2.05, 4.69) is 35.7 Å². The summed E-state index contributed by atoms with van der Waals surface area (Å²) in [4.78, 5) is 10.8. The molecule has 0 fully saturated rings. The van der Waals surface area contributed by atoms with Gasteiger partial charge in [-0.1, -0.05) is 18.3 Å². The number of hydrazine groups is 1. The number of hydrogen-bond acceptors (Lipinski definition) is 4. The number of thiol groups is 1. The molecule has 3 N–H and O–H groups in total. The van der Waals surface area contributed by atoms with Crippen LogP contribution in [0.15, 0.2) is 11.5 Å². The number of nitrogens with one attached hydrogen (secondary N) is 2. The summed E-state index contributed by atoms with van der Waals surface area (Å²) in [6.45, 7) is 0. The number of hydrogen-bond donors (Lipinski definition) is 4.